The van der Waals surface area contributed by atoms with Gasteiger partial charge in [0.2, 0.25) is 5.88 Å². The van der Waals surface area contributed by atoms with Crippen LogP contribution in [-0.2, 0) is 6.54 Å². The lowest BCUT2D eigenvalue weighted by molar-refractivity contribution is 0.195. The summed E-state index contributed by atoms with van der Waals surface area (Å²) in [6.07, 6.45) is 1.19. The van der Waals surface area contributed by atoms with Crippen LogP contribution in [0, 0.1) is 5.82 Å². The Balaban J connectivity index is 2.04. The molecule has 0 atom stereocenters. The van der Waals surface area contributed by atoms with Crippen molar-refractivity contribution in [2.75, 3.05) is 33.3 Å². The SMILES string of the molecule is COc1ncc(F)cc1CN1CCN(I)CC1. The molecule has 0 radical (unpaired) electrons. The highest BCUT2D eigenvalue weighted by molar-refractivity contribution is 14.1. The summed E-state index contributed by atoms with van der Waals surface area (Å²) >= 11 is 2.33. The van der Waals surface area contributed by atoms with E-state index in [0.717, 1.165) is 31.7 Å². The average molecular weight is 351 g/mol. The van der Waals surface area contributed by atoms with Crippen molar-refractivity contribution < 1.29 is 9.13 Å². The zero-order valence-electron chi connectivity index (χ0n) is 9.70. The Labute approximate surface area is 114 Å². The van der Waals surface area contributed by atoms with Crippen molar-refractivity contribution in [3.63, 3.8) is 0 Å². The molecule has 1 aliphatic heterocycles. The third-order valence-electron chi connectivity index (χ3n) is 2.80. The Hall–Kier alpha value is -0.470. The summed E-state index contributed by atoms with van der Waals surface area (Å²) in [6, 6.07) is 1.50. The summed E-state index contributed by atoms with van der Waals surface area (Å²) < 4.78 is 20.6. The molecule has 1 fully saturated rings. The zero-order valence-corrected chi connectivity index (χ0v) is 11.9. The van der Waals surface area contributed by atoms with Gasteiger partial charge in [0.15, 0.2) is 0 Å². The number of methoxy groups -OCH3 is 1. The number of ether oxygens (including phenoxy) is 1. The predicted octanol–water partition coefficient (Wildman–Crippen LogP) is 1.70. The molecule has 94 valence electrons. The van der Waals surface area contributed by atoms with Gasteiger partial charge < -0.3 is 4.74 Å². The van der Waals surface area contributed by atoms with E-state index >= 15 is 0 Å². The maximum atomic E-state index is 13.2. The molecule has 0 aromatic carbocycles. The predicted molar refractivity (Wildman–Crippen MR) is 71.6 cm³/mol. The minimum Gasteiger partial charge on any atom is -0.481 e. The molecule has 2 heterocycles. The van der Waals surface area contributed by atoms with E-state index in [1.54, 1.807) is 7.11 Å². The Kier molecular flexibility index (Phi) is 4.52. The topological polar surface area (TPSA) is 28.6 Å². The van der Waals surface area contributed by atoms with Crippen LogP contribution in [0.25, 0.3) is 0 Å². The van der Waals surface area contributed by atoms with Crippen LogP contribution in [0.5, 0.6) is 5.88 Å². The van der Waals surface area contributed by atoms with E-state index < -0.39 is 0 Å². The minimum absolute atomic E-state index is 0.312. The summed E-state index contributed by atoms with van der Waals surface area (Å²) in [5.74, 6) is 0.205. The molecule has 4 nitrogen and oxygen atoms in total. The highest BCUT2D eigenvalue weighted by Crippen LogP contribution is 2.19. The van der Waals surface area contributed by atoms with Crippen molar-refractivity contribution in [2.24, 2.45) is 0 Å². The number of piperazine rings is 1. The van der Waals surface area contributed by atoms with Crippen LogP contribution in [0.3, 0.4) is 0 Å². The van der Waals surface area contributed by atoms with Gasteiger partial charge in [-0.2, -0.15) is 0 Å². The normalized spacial score (nSPS) is 18.3. The molecule has 2 rings (SSSR count). The van der Waals surface area contributed by atoms with Gasteiger partial charge in [-0.05, 0) is 6.07 Å². The quantitative estimate of drug-likeness (QED) is 0.612. The van der Waals surface area contributed by atoms with Crippen molar-refractivity contribution in [2.45, 2.75) is 6.54 Å². The molecule has 1 aliphatic rings. The van der Waals surface area contributed by atoms with Crippen molar-refractivity contribution in [1.29, 1.82) is 0 Å². The van der Waals surface area contributed by atoms with Crippen molar-refractivity contribution in [3.05, 3.63) is 23.6 Å². The number of aromatic nitrogens is 1. The lowest BCUT2D eigenvalue weighted by Crippen LogP contribution is -2.41. The molecular formula is C11H15FIN3O. The summed E-state index contributed by atoms with van der Waals surface area (Å²) in [6.45, 7) is 4.74. The van der Waals surface area contributed by atoms with E-state index in [4.69, 9.17) is 4.74 Å². The Morgan fingerprint density at radius 1 is 1.41 bits per heavy atom. The second-order valence-corrected chi connectivity index (χ2v) is 5.37. The zero-order chi connectivity index (χ0) is 12.3. The van der Waals surface area contributed by atoms with Crippen molar-refractivity contribution in [1.82, 2.24) is 13.0 Å². The minimum atomic E-state index is -0.312. The van der Waals surface area contributed by atoms with Crippen LogP contribution in [-0.4, -0.2) is 46.3 Å². The Morgan fingerprint density at radius 2 is 2.12 bits per heavy atom. The van der Waals surface area contributed by atoms with E-state index in [1.807, 2.05) is 0 Å². The maximum Gasteiger partial charge on any atom is 0.217 e. The molecular weight excluding hydrogens is 336 g/mol. The van der Waals surface area contributed by atoms with E-state index in [-0.39, 0.29) is 5.82 Å². The van der Waals surface area contributed by atoms with Gasteiger partial charge >= 0.3 is 0 Å². The van der Waals surface area contributed by atoms with E-state index in [1.165, 1.54) is 12.3 Å². The first kappa shape index (κ1) is 13.0. The Bertz CT molecular complexity index is 383. The molecule has 17 heavy (non-hydrogen) atoms. The van der Waals surface area contributed by atoms with Gasteiger partial charge in [0.25, 0.3) is 0 Å². The van der Waals surface area contributed by atoms with Crippen molar-refractivity contribution in [3.8, 4) is 5.88 Å². The van der Waals surface area contributed by atoms with Gasteiger partial charge in [0.05, 0.1) is 13.3 Å². The van der Waals surface area contributed by atoms with E-state index in [9.17, 15) is 4.39 Å². The molecule has 1 aromatic heterocycles. The van der Waals surface area contributed by atoms with Crippen LogP contribution in [0.2, 0.25) is 0 Å². The fourth-order valence-electron chi connectivity index (χ4n) is 1.89. The molecule has 0 N–H and O–H groups in total. The molecule has 0 amide bonds. The lowest BCUT2D eigenvalue weighted by Gasteiger charge is -2.31. The van der Waals surface area contributed by atoms with Crippen LogP contribution in [0.4, 0.5) is 4.39 Å². The fraction of sp³-hybridized carbons (Fsp3) is 0.545. The molecule has 0 saturated carbocycles. The number of hydrogen-bond donors (Lipinski definition) is 0. The first-order valence-corrected chi connectivity index (χ1v) is 6.47. The third-order valence-corrected chi connectivity index (χ3v) is 3.76. The first-order valence-electron chi connectivity index (χ1n) is 5.50. The maximum absolute atomic E-state index is 13.2. The number of halogens is 2. The van der Waals surface area contributed by atoms with E-state index in [2.05, 4.69) is 35.9 Å². The first-order chi connectivity index (χ1) is 8.19. The van der Waals surface area contributed by atoms with Gasteiger partial charge in [-0.1, -0.05) is 0 Å². The number of hydrogen-bond acceptors (Lipinski definition) is 4. The second-order valence-electron chi connectivity index (χ2n) is 4.01. The van der Waals surface area contributed by atoms with Crippen LogP contribution in [0.15, 0.2) is 12.3 Å². The summed E-state index contributed by atoms with van der Waals surface area (Å²) in [4.78, 5) is 6.23. The number of rotatable bonds is 3. The summed E-state index contributed by atoms with van der Waals surface area (Å²) in [5.41, 5.74) is 0.814. The highest BCUT2D eigenvalue weighted by Gasteiger charge is 2.17. The summed E-state index contributed by atoms with van der Waals surface area (Å²) in [5, 5.41) is 0. The number of nitrogens with zero attached hydrogens (tertiary/aromatic N) is 3. The fourth-order valence-corrected chi connectivity index (χ4v) is 2.32. The van der Waals surface area contributed by atoms with Crippen molar-refractivity contribution >= 4 is 22.9 Å². The van der Waals surface area contributed by atoms with Crippen LogP contribution < -0.4 is 4.74 Å². The van der Waals surface area contributed by atoms with Gasteiger partial charge in [-0.15, -0.1) is 0 Å². The smallest absolute Gasteiger partial charge is 0.217 e. The lowest BCUT2D eigenvalue weighted by atomic mass is 10.2. The molecule has 0 aliphatic carbocycles. The molecule has 1 saturated heterocycles. The molecule has 6 heteroatoms. The monoisotopic (exact) mass is 351 g/mol. The van der Waals surface area contributed by atoms with Gasteiger partial charge in [-0.25, -0.2) is 12.5 Å². The molecule has 0 spiro atoms. The molecule has 0 bridgehead atoms. The third kappa shape index (κ3) is 3.49. The van der Waals surface area contributed by atoms with Gasteiger partial charge in [-0.3, -0.25) is 4.90 Å². The van der Waals surface area contributed by atoms with E-state index in [0.29, 0.717) is 12.4 Å². The largest absolute Gasteiger partial charge is 0.481 e. The second kappa shape index (κ2) is 5.92. The van der Waals surface area contributed by atoms with Crippen LogP contribution >= 0.6 is 22.9 Å². The molecule has 0 unspecified atom stereocenters. The van der Waals surface area contributed by atoms with Crippen LogP contribution in [0.1, 0.15) is 5.56 Å². The van der Waals surface area contributed by atoms with Gasteiger partial charge in [0, 0.05) is 61.2 Å². The average Bonchev–Trinajstić information content (AvgIpc) is 2.32. The highest BCUT2D eigenvalue weighted by atomic mass is 127. The standard InChI is InChI=1S/C11H15FIN3O/c1-17-11-9(6-10(12)7-14-11)8-15-2-4-16(13)5-3-15/h6-7H,2-5,8H2,1H3. The Morgan fingerprint density at radius 3 is 2.76 bits per heavy atom. The number of pyridine rings is 1. The van der Waals surface area contributed by atoms with Gasteiger partial charge in [0.1, 0.15) is 5.82 Å². The molecule has 1 aromatic rings. The summed E-state index contributed by atoms with van der Waals surface area (Å²) in [7, 11) is 1.56.